The molecule has 1 unspecified atom stereocenters. The Morgan fingerprint density at radius 1 is 0.971 bits per heavy atom. The van der Waals surface area contributed by atoms with Crippen molar-refractivity contribution in [2.24, 2.45) is 0 Å². The molecule has 2 aliphatic rings. The van der Waals surface area contributed by atoms with E-state index in [1.807, 2.05) is 12.1 Å². The molecule has 0 aliphatic carbocycles. The standard InChI is InChI=1S/C25H33N5O4/c1-33-22-9-8-21(17-23(22)34-2)30-18-19(16-24(30)31)27-25(32)26-10-11-28-12-14-29(15-13-28)20-6-4-3-5-7-20/h3-9,17,19H,10-16,18H2,1-2H3,(H2,26,27,32). The number of anilines is 2. The predicted octanol–water partition coefficient (Wildman–Crippen LogP) is 1.93. The molecule has 2 aromatic carbocycles. The highest BCUT2D eigenvalue weighted by Gasteiger charge is 2.32. The zero-order chi connectivity index (χ0) is 23.9. The number of carbonyl (C=O) groups excluding carboxylic acids is 2. The lowest BCUT2D eigenvalue weighted by molar-refractivity contribution is -0.117. The van der Waals surface area contributed by atoms with Crippen molar-refractivity contribution in [2.75, 3.05) is 69.8 Å². The highest BCUT2D eigenvalue weighted by molar-refractivity contribution is 5.97. The summed E-state index contributed by atoms with van der Waals surface area (Å²) < 4.78 is 10.6. The Labute approximate surface area is 200 Å². The Bertz CT molecular complexity index is 979. The summed E-state index contributed by atoms with van der Waals surface area (Å²) in [5.74, 6) is 1.13. The van der Waals surface area contributed by atoms with Gasteiger partial charge in [-0.15, -0.1) is 0 Å². The molecule has 2 heterocycles. The van der Waals surface area contributed by atoms with E-state index in [4.69, 9.17) is 9.47 Å². The van der Waals surface area contributed by atoms with Gasteiger partial charge in [-0.2, -0.15) is 0 Å². The van der Waals surface area contributed by atoms with Crippen LogP contribution in [-0.2, 0) is 4.79 Å². The molecule has 2 fully saturated rings. The third-order valence-corrected chi connectivity index (χ3v) is 6.35. The molecule has 3 amide bonds. The number of urea groups is 1. The van der Waals surface area contributed by atoms with Crippen molar-refractivity contribution in [3.05, 3.63) is 48.5 Å². The lowest BCUT2D eigenvalue weighted by Gasteiger charge is -2.36. The quantitative estimate of drug-likeness (QED) is 0.617. The summed E-state index contributed by atoms with van der Waals surface area (Å²) in [6, 6.07) is 15.3. The minimum Gasteiger partial charge on any atom is -0.493 e. The van der Waals surface area contributed by atoms with E-state index in [1.165, 1.54) is 5.69 Å². The molecule has 4 rings (SSSR count). The number of nitrogens with zero attached hydrogens (tertiary/aromatic N) is 3. The van der Waals surface area contributed by atoms with Crippen LogP contribution in [0.25, 0.3) is 0 Å². The maximum absolute atomic E-state index is 12.5. The second-order valence-corrected chi connectivity index (χ2v) is 8.51. The second kappa shape index (κ2) is 11.1. The van der Waals surface area contributed by atoms with Crippen LogP contribution < -0.4 is 29.9 Å². The number of rotatable bonds is 8. The molecule has 0 aromatic heterocycles. The molecular weight excluding hydrogens is 434 g/mol. The Morgan fingerprint density at radius 2 is 1.71 bits per heavy atom. The number of benzene rings is 2. The number of nitrogens with one attached hydrogen (secondary N) is 2. The average molecular weight is 468 g/mol. The van der Waals surface area contributed by atoms with Crippen LogP contribution in [0.4, 0.5) is 16.2 Å². The summed E-state index contributed by atoms with van der Waals surface area (Å²) in [5, 5.41) is 5.86. The van der Waals surface area contributed by atoms with Crippen molar-refractivity contribution < 1.29 is 19.1 Å². The zero-order valence-corrected chi connectivity index (χ0v) is 19.8. The summed E-state index contributed by atoms with van der Waals surface area (Å²) in [4.78, 5) is 31.3. The van der Waals surface area contributed by atoms with Crippen LogP contribution in [0, 0.1) is 0 Å². The fourth-order valence-electron chi connectivity index (χ4n) is 4.48. The molecule has 9 heteroatoms. The van der Waals surface area contributed by atoms with Gasteiger partial charge in [-0.3, -0.25) is 9.69 Å². The van der Waals surface area contributed by atoms with E-state index in [2.05, 4.69) is 44.7 Å². The van der Waals surface area contributed by atoms with E-state index in [1.54, 1.807) is 31.3 Å². The molecule has 9 nitrogen and oxygen atoms in total. The normalized spacial score (nSPS) is 18.6. The first kappa shape index (κ1) is 23.7. The fraction of sp³-hybridized carbons (Fsp3) is 0.440. The maximum Gasteiger partial charge on any atom is 0.315 e. The van der Waals surface area contributed by atoms with Gasteiger partial charge in [-0.1, -0.05) is 18.2 Å². The smallest absolute Gasteiger partial charge is 0.315 e. The molecular formula is C25H33N5O4. The van der Waals surface area contributed by atoms with Gasteiger partial charge in [-0.25, -0.2) is 4.79 Å². The van der Waals surface area contributed by atoms with E-state index in [9.17, 15) is 9.59 Å². The first-order valence-corrected chi connectivity index (χ1v) is 11.7. The van der Waals surface area contributed by atoms with Crippen molar-refractivity contribution in [3.63, 3.8) is 0 Å². The number of ether oxygens (including phenoxy) is 2. The van der Waals surface area contributed by atoms with Crippen LogP contribution in [-0.4, -0.2) is 82.9 Å². The maximum atomic E-state index is 12.5. The summed E-state index contributed by atoms with van der Waals surface area (Å²) in [7, 11) is 3.13. The van der Waals surface area contributed by atoms with Gasteiger partial charge >= 0.3 is 6.03 Å². The molecule has 1 atom stereocenters. The van der Waals surface area contributed by atoms with E-state index in [-0.39, 0.29) is 24.4 Å². The van der Waals surface area contributed by atoms with Crippen LogP contribution in [0.3, 0.4) is 0 Å². The largest absolute Gasteiger partial charge is 0.493 e. The topological polar surface area (TPSA) is 86.4 Å². The summed E-state index contributed by atoms with van der Waals surface area (Å²) in [6.45, 7) is 5.68. The van der Waals surface area contributed by atoms with Crippen LogP contribution >= 0.6 is 0 Å². The van der Waals surface area contributed by atoms with Crippen LogP contribution in [0.15, 0.2) is 48.5 Å². The first-order chi connectivity index (χ1) is 16.6. The van der Waals surface area contributed by atoms with Gasteiger partial charge < -0.3 is 29.9 Å². The molecule has 2 aromatic rings. The molecule has 0 radical (unpaired) electrons. The number of para-hydroxylation sites is 1. The molecule has 34 heavy (non-hydrogen) atoms. The highest BCUT2D eigenvalue weighted by Crippen LogP contribution is 2.33. The van der Waals surface area contributed by atoms with E-state index in [0.29, 0.717) is 24.6 Å². The van der Waals surface area contributed by atoms with E-state index in [0.717, 1.165) is 38.4 Å². The Morgan fingerprint density at radius 3 is 2.41 bits per heavy atom. The molecule has 0 saturated carbocycles. The van der Waals surface area contributed by atoms with Gasteiger partial charge in [0.05, 0.1) is 20.3 Å². The molecule has 2 saturated heterocycles. The fourth-order valence-corrected chi connectivity index (χ4v) is 4.48. The van der Waals surface area contributed by atoms with Gasteiger partial charge in [-0.05, 0) is 24.3 Å². The minimum atomic E-state index is -0.241. The molecule has 0 spiro atoms. The lowest BCUT2D eigenvalue weighted by Crippen LogP contribution is -2.50. The first-order valence-electron chi connectivity index (χ1n) is 11.7. The van der Waals surface area contributed by atoms with E-state index >= 15 is 0 Å². The SMILES string of the molecule is COc1ccc(N2CC(NC(=O)NCCN3CCN(c4ccccc4)CC3)CC2=O)cc1OC. The number of hydrogen-bond acceptors (Lipinski definition) is 6. The van der Waals surface area contributed by atoms with Crippen molar-refractivity contribution >= 4 is 23.3 Å². The van der Waals surface area contributed by atoms with Gasteiger partial charge in [0, 0.05) is 69.7 Å². The van der Waals surface area contributed by atoms with Crippen molar-refractivity contribution in [1.82, 2.24) is 15.5 Å². The van der Waals surface area contributed by atoms with Gasteiger partial charge in [0.25, 0.3) is 0 Å². The number of amides is 3. The average Bonchev–Trinajstić information content (AvgIpc) is 3.24. The number of methoxy groups -OCH3 is 2. The predicted molar refractivity (Wildman–Crippen MR) is 132 cm³/mol. The Kier molecular flexibility index (Phi) is 7.74. The summed E-state index contributed by atoms with van der Waals surface area (Å²) >= 11 is 0. The van der Waals surface area contributed by atoms with Gasteiger partial charge in [0.2, 0.25) is 5.91 Å². The molecule has 0 bridgehead atoms. The second-order valence-electron chi connectivity index (χ2n) is 8.51. The molecule has 182 valence electrons. The molecule has 2 aliphatic heterocycles. The number of carbonyl (C=O) groups is 2. The Hall–Kier alpha value is -3.46. The summed E-state index contributed by atoms with van der Waals surface area (Å²) in [6.07, 6.45) is 0.267. The van der Waals surface area contributed by atoms with Gasteiger partial charge in [0.15, 0.2) is 11.5 Å². The van der Waals surface area contributed by atoms with Crippen LogP contribution in [0.2, 0.25) is 0 Å². The zero-order valence-electron chi connectivity index (χ0n) is 19.8. The Balaban J connectivity index is 1.18. The molecule has 2 N–H and O–H groups in total. The van der Waals surface area contributed by atoms with Gasteiger partial charge in [0.1, 0.15) is 0 Å². The van der Waals surface area contributed by atoms with Crippen molar-refractivity contribution in [3.8, 4) is 11.5 Å². The van der Waals surface area contributed by atoms with E-state index < -0.39 is 0 Å². The third-order valence-electron chi connectivity index (χ3n) is 6.35. The van der Waals surface area contributed by atoms with Crippen LogP contribution in [0.5, 0.6) is 11.5 Å². The van der Waals surface area contributed by atoms with Crippen molar-refractivity contribution in [1.29, 1.82) is 0 Å². The number of hydrogen-bond donors (Lipinski definition) is 2. The number of piperazine rings is 1. The third kappa shape index (κ3) is 5.72. The van der Waals surface area contributed by atoms with Crippen molar-refractivity contribution in [2.45, 2.75) is 12.5 Å². The minimum absolute atomic E-state index is 0.0335. The lowest BCUT2D eigenvalue weighted by atomic mass is 10.2. The summed E-state index contributed by atoms with van der Waals surface area (Å²) in [5.41, 5.74) is 1.98. The monoisotopic (exact) mass is 467 g/mol. The highest BCUT2D eigenvalue weighted by atomic mass is 16.5. The van der Waals surface area contributed by atoms with Crippen LogP contribution in [0.1, 0.15) is 6.42 Å².